The number of benzene rings is 1. The monoisotopic (exact) mass is 441 g/mol. The fraction of sp³-hybridized carbons (Fsp3) is 0.250. The van der Waals surface area contributed by atoms with Crippen LogP contribution in [0.2, 0.25) is 0 Å². The molecule has 1 saturated heterocycles. The molecule has 1 fully saturated rings. The summed E-state index contributed by atoms with van der Waals surface area (Å²) in [5, 5.41) is 12.5. The van der Waals surface area contributed by atoms with Gasteiger partial charge in [-0.05, 0) is 42.8 Å². The third-order valence-corrected chi connectivity index (χ3v) is 5.56. The Hall–Kier alpha value is -4.16. The molecule has 0 amide bonds. The molecule has 1 N–H and O–H groups in total. The summed E-state index contributed by atoms with van der Waals surface area (Å²) in [5.41, 5.74) is 5.49. The van der Waals surface area contributed by atoms with Crippen molar-refractivity contribution in [2.24, 2.45) is 7.05 Å². The van der Waals surface area contributed by atoms with E-state index in [1.165, 1.54) is 5.69 Å². The smallest absolute Gasteiger partial charge is 0.223 e. The third-order valence-electron chi connectivity index (χ3n) is 5.56. The molecule has 3 aromatic heterocycles. The van der Waals surface area contributed by atoms with Gasteiger partial charge in [-0.3, -0.25) is 0 Å². The minimum atomic E-state index is 0.345. The van der Waals surface area contributed by atoms with Crippen molar-refractivity contribution in [3.05, 3.63) is 60.2 Å². The lowest BCUT2D eigenvalue weighted by Crippen LogP contribution is -2.36. The van der Waals surface area contributed by atoms with Gasteiger partial charge in [-0.25, -0.2) is 9.97 Å². The van der Waals surface area contributed by atoms with Gasteiger partial charge in [-0.2, -0.15) is 10.2 Å². The minimum absolute atomic E-state index is 0.345. The first-order chi connectivity index (χ1) is 16.1. The Kier molecular flexibility index (Phi) is 5.50. The van der Waals surface area contributed by atoms with Crippen molar-refractivity contribution < 1.29 is 9.47 Å². The van der Waals surface area contributed by atoms with E-state index < -0.39 is 0 Å². The first kappa shape index (κ1) is 20.7. The number of ether oxygens (including phenoxy) is 2. The maximum atomic E-state index is 9.04. The standard InChI is InChI=1S/C24H23N7O2/c1-16-11-18(13-25)26-14-21(16)33-22-12-20(23-24(29-22)30(2)15-27-23)28-17-3-5-19(6-4-17)31-7-9-32-10-8-31/h3-6,11-12,14-15H,7-10H2,1-2H3,(H,28,29). The number of morpholine rings is 1. The lowest BCUT2D eigenvalue weighted by atomic mass is 10.2. The van der Waals surface area contributed by atoms with Crippen LogP contribution in [0.3, 0.4) is 0 Å². The van der Waals surface area contributed by atoms with Crippen LogP contribution >= 0.6 is 0 Å². The first-order valence-corrected chi connectivity index (χ1v) is 10.7. The Balaban J connectivity index is 1.43. The van der Waals surface area contributed by atoms with Crippen molar-refractivity contribution >= 4 is 28.2 Å². The van der Waals surface area contributed by atoms with Gasteiger partial charge in [0.2, 0.25) is 5.88 Å². The van der Waals surface area contributed by atoms with E-state index in [1.54, 1.807) is 18.6 Å². The fourth-order valence-corrected chi connectivity index (χ4v) is 3.78. The number of hydrogen-bond acceptors (Lipinski definition) is 8. The highest BCUT2D eigenvalue weighted by Gasteiger charge is 2.15. The zero-order valence-electron chi connectivity index (χ0n) is 18.4. The van der Waals surface area contributed by atoms with Crippen molar-refractivity contribution in [1.29, 1.82) is 5.26 Å². The highest BCUT2D eigenvalue weighted by molar-refractivity contribution is 5.89. The van der Waals surface area contributed by atoms with Crippen LogP contribution in [-0.2, 0) is 11.8 Å². The zero-order valence-corrected chi connectivity index (χ0v) is 18.4. The molecule has 0 unspecified atom stereocenters. The van der Waals surface area contributed by atoms with Gasteiger partial charge in [-0.1, -0.05) is 0 Å². The van der Waals surface area contributed by atoms with Crippen molar-refractivity contribution in [2.45, 2.75) is 6.92 Å². The van der Waals surface area contributed by atoms with Crippen molar-refractivity contribution in [1.82, 2.24) is 19.5 Å². The van der Waals surface area contributed by atoms with E-state index >= 15 is 0 Å². The molecule has 0 atom stereocenters. The maximum Gasteiger partial charge on any atom is 0.223 e. The number of rotatable bonds is 5. The molecular weight excluding hydrogens is 418 g/mol. The van der Waals surface area contributed by atoms with Crippen LogP contribution in [0.5, 0.6) is 11.6 Å². The Morgan fingerprint density at radius 1 is 1.12 bits per heavy atom. The Bertz CT molecular complexity index is 1340. The van der Waals surface area contributed by atoms with Gasteiger partial charge in [0.1, 0.15) is 17.3 Å². The summed E-state index contributed by atoms with van der Waals surface area (Å²) < 4.78 is 13.3. The van der Waals surface area contributed by atoms with Crippen LogP contribution in [0, 0.1) is 18.3 Å². The summed E-state index contributed by atoms with van der Waals surface area (Å²) in [6, 6.07) is 13.9. The number of nitriles is 1. The molecule has 0 radical (unpaired) electrons. The van der Waals surface area contributed by atoms with E-state index in [-0.39, 0.29) is 0 Å². The Morgan fingerprint density at radius 2 is 1.91 bits per heavy atom. The van der Waals surface area contributed by atoms with Gasteiger partial charge in [0, 0.05) is 37.6 Å². The van der Waals surface area contributed by atoms with Crippen molar-refractivity contribution in [3.63, 3.8) is 0 Å². The average molecular weight is 441 g/mol. The first-order valence-electron chi connectivity index (χ1n) is 10.7. The van der Waals surface area contributed by atoms with Crippen LogP contribution < -0.4 is 15.0 Å². The van der Waals surface area contributed by atoms with E-state index in [4.69, 9.17) is 14.7 Å². The minimum Gasteiger partial charge on any atom is -0.437 e. The summed E-state index contributed by atoms with van der Waals surface area (Å²) >= 11 is 0. The average Bonchev–Trinajstić information content (AvgIpc) is 3.22. The zero-order chi connectivity index (χ0) is 22.8. The molecule has 0 bridgehead atoms. The van der Waals surface area contributed by atoms with Crippen LogP contribution in [0.25, 0.3) is 11.2 Å². The third kappa shape index (κ3) is 4.29. The number of nitrogens with one attached hydrogen (secondary N) is 1. The van der Waals surface area contributed by atoms with Gasteiger partial charge in [-0.15, -0.1) is 0 Å². The molecular formula is C24H23N7O2. The summed E-state index contributed by atoms with van der Waals surface area (Å²) in [4.78, 5) is 15.5. The second-order valence-electron chi connectivity index (χ2n) is 7.86. The summed E-state index contributed by atoms with van der Waals surface area (Å²) in [6.45, 7) is 5.18. The summed E-state index contributed by atoms with van der Waals surface area (Å²) in [5.74, 6) is 0.956. The molecule has 33 heavy (non-hydrogen) atoms. The molecule has 9 nitrogen and oxygen atoms in total. The predicted molar refractivity (Wildman–Crippen MR) is 125 cm³/mol. The number of fused-ring (bicyclic) bond motifs is 1. The lowest BCUT2D eigenvalue weighted by molar-refractivity contribution is 0.122. The molecule has 0 spiro atoms. The van der Waals surface area contributed by atoms with E-state index in [1.807, 2.05) is 30.7 Å². The fourth-order valence-electron chi connectivity index (χ4n) is 3.78. The van der Waals surface area contributed by atoms with Gasteiger partial charge in [0.15, 0.2) is 11.4 Å². The topological polar surface area (TPSA) is 101 Å². The molecule has 4 heterocycles. The SMILES string of the molecule is Cc1cc(C#N)ncc1Oc1cc(Nc2ccc(N3CCOCC3)cc2)c2ncn(C)c2n1. The lowest BCUT2D eigenvalue weighted by Gasteiger charge is -2.28. The highest BCUT2D eigenvalue weighted by atomic mass is 16.5. The van der Waals surface area contributed by atoms with Crippen molar-refractivity contribution in [3.8, 4) is 17.7 Å². The van der Waals surface area contributed by atoms with Crippen LogP contribution in [0.4, 0.5) is 17.1 Å². The number of imidazole rings is 1. The van der Waals surface area contributed by atoms with Gasteiger partial charge < -0.3 is 24.3 Å². The predicted octanol–water partition coefficient (Wildman–Crippen LogP) is 3.92. The molecule has 1 aliphatic rings. The van der Waals surface area contributed by atoms with Crippen LogP contribution in [0.15, 0.2) is 48.9 Å². The summed E-state index contributed by atoms with van der Waals surface area (Å²) in [7, 11) is 1.89. The molecule has 4 aromatic rings. The Labute approximate surface area is 191 Å². The van der Waals surface area contributed by atoms with E-state index in [9.17, 15) is 0 Å². The molecule has 0 saturated carbocycles. The van der Waals surface area contributed by atoms with Crippen molar-refractivity contribution in [2.75, 3.05) is 36.5 Å². The van der Waals surface area contributed by atoms with E-state index in [2.05, 4.69) is 49.4 Å². The van der Waals surface area contributed by atoms with Crippen LogP contribution in [-0.4, -0.2) is 45.8 Å². The normalized spacial score (nSPS) is 13.7. The number of hydrogen-bond donors (Lipinski definition) is 1. The number of anilines is 3. The molecule has 1 aliphatic heterocycles. The van der Waals surface area contributed by atoms with Gasteiger partial charge >= 0.3 is 0 Å². The molecule has 0 aliphatic carbocycles. The highest BCUT2D eigenvalue weighted by Crippen LogP contribution is 2.32. The van der Waals surface area contributed by atoms with E-state index in [0.29, 0.717) is 23.0 Å². The molecule has 1 aromatic carbocycles. The molecule has 9 heteroatoms. The second-order valence-corrected chi connectivity index (χ2v) is 7.86. The van der Waals surface area contributed by atoms with Gasteiger partial charge in [0.05, 0.1) is 31.4 Å². The number of aromatic nitrogens is 4. The van der Waals surface area contributed by atoms with Gasteiger partial charge in [0.25, 0.3) is 0 Å². The quantitative estimate of drug-likeness (QED) is 0.497. The molecule has 5 rings (SSSR count). The summed E-state index contributed by atoms with van der Waals surface area (Å²) in [6.07, 6.45) is 3.27. The van der Waals surface area contributed by atoms with Crippen LogP contribution in [0.1, 0.15) is 11.3 Å². The van der Waals surface area contributed by atoms with E-state index in [0.717, 1.165) is 48.8 Å². The molecule has 166 valence electrons. The number of nitrogens with zero attached hydrogens (tertiary/aromatic N) is 6. The maximum absolute atomic E-state index is 9.04. The Morgan fingerprint density at radius 3 is 2.64 bits per heavy atom. The second kappa shape index (κ2) is 8.76. The number of pyridine rings is 2. The number of aryl methyl sites for hydroxylation is 2. The largest absolute Gasteiger partial charge is 0.437 e.